The standard InChI is InChI=1S/C8H17N2O/c1-7(2)9-6-10(11)8(3,4)5/h6-7H,1-5H3. The first-order valence-electron chi connectivity index (χ1n) is 3.84. The average molecular weight is 157 g/mol. The van der Waals surface area contributed by atoms with Crippen molar-refractivity contribution in [1.29, 1.82) is 0 Å². The Kier molecular flexibility index (Phi) is 3.52. The molecule has 3 nitrogen and oxygen atoms in total. The first kappa shape index (κ1) is 10.4. The van der Waals surface area contributed by atoms with Gasteiger partial charge in [-0.2, -0.15) is 0 Å². The van der Waals surface area contributed by atoms with Crippen LogP contribution in [-0.4, -0.2) is 23.0 Å². The highest BCUT2D eigenvalue weighted by molar-refractivity contribution is 5.54. The van der Waals surface area contributed by atoms with E-state index in [2.05, 4.69) is 4.99 Å². The summed E-state index contributed by atoms with van der Waals surface area (Å²) in [6.07, 6.45) is 1.35. The summed E-state index contributed by atoms with van der Waals surface area (Å²) in [4.78, 5) is 3.98. The van der Waals surface area contributed by atoms with E-state index in [1.54, 1.807) is 0 Å². The van der Waals surface area contributed by atoms with Gasteiger partial charge in [-0.05, 0) is 34.6 Å². The molecule has 0 amide bonds. The Bertz CT molecular complexity index is 136. The molecule has 0 aliphatic carbocycles. The van der Waals surface area contributed by atoms with Crippen molar-refractivity contribution in [3.63, 3.8) is 0 Å². The molecule has 0 aliphatic rings. The van der Waals surface area contributed by atoms with Gasteiger partial charge in [0.25, 0.3) is 0 Å². The minimum absolute atomic E-state index is 0.189. The van der Waals surface area contributed by atoms with Gasteiger partial charge >= 0.3 is 0 Å². The molecule has 0 aliphatic heterocycles. The maximum absolute atomic E-state index is 11.1. The lowest BCUT2D eigenvalue weighted by molar-refractivity contribution is -0.143. The van der Waals surface area contributed by atoms with Gasteiger partial charge < -0.3 is 0 Å². The van der Waals surface area contributed by atoms with E-state index in [0.717, 1.165) is 5.06 Å². The van der Waals surface area contributed by atoms with Crippen LogP contribution in [0.2, 0.25) is 0 Å². The summed E-state index contributed by atoms with van der Waals surface area (Å²) in [5.74, 6) is 0. The Morgan fingerprint density at radius 1 is 1.36 bits per heavy atom. The Hall–Kier alpha value is -0.570. The molecule has 0 bridgehead atoms. The van der Waals surface area contributed by atoms with E-state index < -0.39 is 0 Å². The molecule has 0 saturated heterocycles. The highest BCUT2D eigenvalue weighted by Gasteiger charge is 2.17. The highest BCUT2D eigenvalue weighted by Crippen LogP contribution is 2.07. The number of rotatable bonds is 2. The molecule has 1 radical (unpaired) electrons. The maximum Gasteiger partial charge on any atom is 0.114 e. The van der Waals surface area contributed by atoms with Gasteiger partial charge in [-0.25, -0.2) is 5.06 Å². The molecule has 0 rings (SSSR count). The normalized spacial score (nSPS) is 13.0. The van der Waals surface area contributed by atoms with Gasteiger partial charge in [0.15, 0.2) is 0 Å². The smallest absolute Gasteiger partial charge is 0.114 e. The zero-order valence-electron chi connectivity index (χ0n) is 7.96. The Morgan fingerprint density at radius 2 is 1.82 bits per heavy atom. The van der Waals surface area contributed by atoms with Crippen LogP contribution in [0.3, 0.4) is 0 Å². The molecular weight excluding hydrogens is 140 g/mol. The van der Waals surface area contributed by atoms with Gasteiger partial charge in [0, 0.05) is 6.04 Å². The fourth-order valence-electron chi connectivity index (χ4n) is 0.367. The Balaban J connectivity index is 3.97. The van der Waals surface area contributed by atoms with Crippen molar-refractivity contribution in [3.8, 4) is 0 Å². The topological polar surface area (TPSA) is 35.5 Å². The number of aliphatic imine (C=N–C) groups is 1. The Morgan fingerprint density at radius 3 is 2.09 bits per heavy atom. The van der Waals surface area contributed by atoms with Crippen LogP contribution in [0, 0.1) is 0 Å². The molecule has 0 unspecified atom stereocenters. The lowest BCUT2D eigenvalue weighted by atomic mass is 10.1. The second kappa shape index (κ2) is 3.72. The van der Waals surface area contributed by atoms with Crippen molar-refractivity contribution < 1.29 is 5.21 Å². The molecule has 11 heavy (non-hydrogen) atoms. The second-order valence-corrected chi connectivity index (χ2v) is 3.85. The molecule has 0 N–H and O–H groups in total. The van der Waals surface area contributed by atoms with Crippen LogP contribution in [0.1, 0.15) is 34.6 Å². The predicted molar refractivity (Wildman–Crippen MR) is 45.9 cm³/mol. The fraction of sp³-hybridized carbons (Fsp3) is 0.875. The predicted octanol–water partition coefficient (Wildman–Crippen LogP) is 1.87. The van der Waals surface area contributed by atoms with E-state index in [1.807, 2.05) is 34.6 Å². The van der Waals surface area contributed by atoms with Gasteiger partial charge in [0.2, 0.25) is 0 Å². The van der Waals surface area contributed by atoms with Crippen molar-refractivity contribution in [2.45, 2.75) is 46.2 Å². The van der Waals surface area contributed by atoms with Crippen LogP contribution in [0.15, 0.2) is 4.99 Å². The van der Waals surface area contributed by atoms with E-state index in [9.17, 15) is 5.21 Å². The van der Waals surface area contributed by atoms with Gasteiger partial charge in [0.1, 0.15) is 6.34 Å². The summed E-state index contributed by atoms with van der Waals surface area (Å²) >= 11 is 0. The quantitative estimate of drug-likeness (QED) is 0.342. The van der Waals surface area contributed by atoms with Gasteiger partial charge in [0.05, 0.1) is 5.54 Å². The molecule has 0 heterocycles. The van der Waals surface area contributed by atoms with Crippen molar-refractivity contribution in [2.24, 2.45) is 4.99 Å². The van der Waals surface area contributed by atoms with Crippen LogP contribution in [0.5, 0.6) is 0 Å². The lowest BCUT2D eigenvalue weighted by Crippen LogP contribution is -2.36. The van der Waals surface area contributed by atoms with Crippen molar-refractivity contribution in [3.05, 3.63) is 0 Å². The zero-order valence-corrected chi connectivity index (χ0v) is 7.96. The summed E-state index contributed by atoms with van der Waals surface area (Å²) in [6, 6.07) is 0.189. The molecule has 0 aromatic carbocycles. The Labute approximate surface area is 68.7 Å². The molecule has 0 fully saturated rings. The minimum atomic E-state index is -0.377. The van der Waals surface area contributed by atoms with Crippen molar-refractivity contribution >= 4 is 6.34 Å². The molecule has 3 heteroatoms. The molecule has 0 spiro atoms. The monoisotopic (exact) mass is 157 g/mol. The van der Waals surface area contributed by atoms with Gasteiger partial charge in [-0.15, -0.1) is 0 Å². The zero-order chi connectivity index (χ0) is 9.07. The summed E-state index contributed by atoms with van der Waals surface area (Å²) in [6.45, 7) is 9.44. The largest absolute Gasteiger partial charge is 0.271 e. The van der Waals surface area contributed by atoms with Crippen molar-refractivity contribution in [1.82, 2.24) is 5.06 Å². The number of hydroxylamine groups is 2. The first-order chi connectivity index (χ1) is 4.84. The van der Waals surface area contributed by atoms with E-state index >= 15 is 0 Å². The number of hydrogen-bond acceptors (Lipinski definition) is 1. The van der Waals surface area contributed by atoms with Gasteiger partial charge in [-0.1, -0.05) is 5.21 Å². The summed E-state index contributed by atoms with van der Waals surface area (Å²) in [5, 5.41) is 12.0. The summed E-state index contributed by atoms with van der Waals surface area (Å²) in [7, 11) is 0. The molecule has 0 aromatic heterocycles. The third-order valence-electron chi connectivity index (χ3n) is 1.13. The van der Waals surface area contributed by atoms with Crippen molar-refractivity contribution in [2.75, 3.05) is 0 Å². The van der Waals surface area contributed by atoms with E-state index in [1.165, 1.54) is 6.34 Å². The fourth-order valence-corrected chi connectivity index (χ4v) is 0.367. The van der Waals surface area contributed by atoms with E-state index in [4.69, 9.17) is 0 Å². The average Bonchev–Trinajstić information content (AvgIpc) is 1.80. The van der Waals surface area contributed by atoms with E-state index in [-0.39, 0.29) is 11.6 Å². The van der Waals surface area contributed by atoms with E-state index in [0.29, 0.717) is 0 Å². The molecule has 0 aromatic rings. The highest BCUT2D eigenvalue weighted by atomic mass is 16.5. The third kappa shape index (κ3) is 4.79. The SMILES string of the molecule is CC(C)N=CN([O])C(C)(C)C. The van der Waals surface area contributed by atoms with Crippen LogP contribution in [0.25, 0.3) is 0 Å². The number of hydrogen-bond donors (Lipinski definition) is 0. The first-order valence-corrected chi connectivity index (χ1v) is 3.84. The summed E-state index contributed by atoms with van der Waals surface area (Å²) in [5.41, 5.74) is -0.377. The van der Waals surface area contributed by atoms with Gasteiger partial charge in [-0.3, -0.25) is 4.99 Å². The maximum atomic E-state index is 11.1. The lowest BCUT2D eigenvalue weighted by Gasteiger charge is -2.24. The molecule has 0 atom stereocenters. The van der Waals surface area contributed by atoms with Crippen LogP contribution in [-0.2, 0) is 5.21 Å². The van der Waals surface area contributed by atoms with Crippen LogP contribution >= 0.6 is 0 Å². The summed E-state index contributed by atoms with van der Waals surface area (Å²) < 4.78 is 0. The number of nitrogens with zero attached hydrogens (tertiary/aromatic N) is 2. The molecular formula is C8H17N2O. The molecule has 0 saturated carbocycles. The van der Waals surface area contributed by atoms with Crippen LogP contribution < -0.4 is 0 Å². The minimum Gasteiger partial charge on any atom is -0.271 e. The van der Waals surface area contributed by atoms with Crippen LogP contribution in [0.4, 0.5) is 0 Å². The third-order valence-corrected chi connectivity index (χ3v) is 1.13. The second-order valence-electron chi connectivity index (χ2n) is 3.85. The molecule has 65 valence electrons.